The monoisotopic (exact) mass is 296 g/mol. The van der Waals surface area contributed by atoms with Crippen molar-refractivity contribution in [2.24, 2.45) is 0 Å². The lowest BCUT2D eigenvalue weighted by atomic mass is 10.2. The Morgan fingerprint density at radius 1 is 1.40 bits per heavy atom. The number of anilines is 1. The van der Waals surface area contributed by atoms with E-state index in [-0.39, 0.29) is 11.4 Å². The SMILES string of the molecule is C=CCCOCCNS(=O)(=O)c1ccc2c(c1)NCC2. The molecule has 1 heterocycles. The van der Waals surface area contributed by atoms with Gasteiger partial charge in [0.05, 0.1) is 18.1 Å². The molecule has 0 unspecified atom stereocenters. The van der Waals surface area contributed by atoms with Gasteiger partial charge in [-0.3, -0.25) is 0 Å². The van der Waals surface area contributed by atoms with E-state index in [1.165, 1.54) is 0 Å². The average molecular weight is 296 g/mol. The summed E-state index contributed by atoms with van der Waals surface area (Å²) in [6.07, 6.45) is 3.48. The number of ether oxygens (including phenoxy) is 1. The van der Waals surface area contributed by atoms with Crippen molar-refractivity contribution in [3.63, 3.8) is 0 Å². The highest BCUT2D eigenvalue weighted by Crippen LogP contribution is 2.25. The fourth-order valence-corrected chi connectivity index (χ4v) is 3.08. The maximum absolute atomic E-state index is 12.1. The molecule has 0 bridgehead atoms. The van der Waals surface area contributed by atoms with Crippen LogP contribution in [-0.2, 0) is 21.2 Å². The Hall–Kier alpha value is -1.37. The van der Waals surface area contributed by atoms with E-state index in [1.807, 2.05) is 6.07 Å². The van der Waals surface area contributed by atoms with E-state index < -0.39 is 10.0 Å². The molecule has 2 N–H and O–H groups in total. The lowest BCUT2D eigenvalue weighted by molar-refractivity contribution is 0.144. The molecule has 2 rings (SSSR count). The highest BCUT2D eigenvalue weighted by molar-refractivity contribution is 7.89. The maximum Gasteiger partial charge on any atom is 0.240 e. The zero-order valence-electron chi connectivity index (χ0n) is 11.4. The summed E-state index contributed by atoms with van der Waals surface area (Å²) in [6, 6.07) is 5.19. The van der Waals surface area contributed by atoms with Crippen molar-refractivity contribution < 1.29 is 13.2 Å². The molecule has 0 radical (unpaired) electrons. The first-order valence-electron chi connectivity index (χ1n) is 6.68. The van der Waals surface area contributed by atoms with Crippen molar-refractivity contribution in [1.29, 1.82) is 0 Å². The fourth-order valence-electron chi connectivity index (χ4n) is 2.04. The average Bonchev–Trinajstić information content (AvgIpc) is 2.90. The van der Waals surface area contributed by atoms with Crippen LogP contribution >= 0.6 is 0 Å². The van der Waals surface area contributed by atoms with Crippen LogP contribution in [0, 0.1) is 0 Å². The van der Waals surface area contributed by atoms with Gasteiger partial charge in [-0.15, -0.1) is 6.58 Å². The fraction of sp³-hybridized carbons (Fsp3) is 0.429. The van der Waals surface area contributed by atoms with Crippen LogP contribution in [-0.4, -0.2) is 34.7 Å². The maximum atomic E-state index is 12.1. The summed E-state index contributed by atoms with van der Waals surface area (Å²) in [5.41, 5.74) is 2.08. The smallest absolute Gasteiger partial charge is 0.240 e. The van der Waals surface area contributed by atoms with E-state index in [0.29, 0.717) is 13.2 Å². The third-order valence-corrected chi connectivity index (χ3v) is 4.56. The Balaban J connectivity index is 1.88. The Morgan fingerprint density at radius 2 is 2.25 bits per heavy atom. The molecule has 0 saturated carbocycles. The molecule has 1 aromatic carbocycles. The van der Waals surface area contributed by atoms with Gasteiger partial charge in [-0.1, -0.05) is 12.1 Å². The van der Waals surface area contributed by atoms with E-state index >= 15 is 0 Å². The summed E-state index contributed by atoms with van der Waals surface area (Å²) in [5.74, 6) is 0. The second-order valence-electron chi connectivity index (χ2n) is 4.58. The van der Waals surface area contributed by atoms with Crippen LogP contribution in [0.3, 0.4) is 0 Å². The molecule has 110 valence electrons. The van der Waals surface area contributed by atoms with E-state index in [4.69, 9.17) is 4.74 Å². The Kier molecular flexibility index (Phi) is 5.17. The van der Waals surface area contributed by atoms with Gasteiger partial charge in [0, 0.05) is 18.8 Å². The molecule has 0 aromatic heterocycles. The minimum Gasteiger partial charge on any atom is -0.384 e. The summed E-state index contributed by atoms with van der Waals surface area (Å²) in [4.78, 5) is 0.289. The van der Waals surface area contributed by atoms with Crippen LogP contribution in [0.15, 0.2) is 35.7 Å². The quantitative estimate of drug-likeness (QED) is 0.564. The van der Waals surface area contributed by atoms with E-state index in [1.54, 1.807) is 18.2 Å². The second kappa shape index (κ2) is 6.88. The molecular formula is C14H20N2O3S. The van der Waals surface area contributed by atoms with Gasteiger partial charge in [0.1, 0.15) is 0 Å². The van der Waals surface area contributed by atoms with Gasteiger partial charge >= 0.3 is 0 Å². The van der Waals surface area contributed by atoms with Crippen molar-refractivity contribution in [2.45, 2.75) is 17.7 Å². The molecule has 0 amide bonds. The number of hydrogen-bond acceptors (Lipinski definition) is 4. The molecular weight excluding hydrogens is 276 g/mol. The van der Waals surface area contributed by atoms with Crippen LogP contribution in [0.4, 0.5) is 5.69 Å². The molecule has 0 fully saturated rings. The minimum absolute atomic E-state index is 0.268. The van der Waals surface area contributed by atoms with Crippen LogP contribution in [0.2, 0.25) is 0 Å². The first-order chi connectivity index (χ1) is 9.63. The van der Waals surface area contributed by atoms with Crippen LogP contribution < -0.4 is 10.0 Å². The lowest BCUT2D eigenvalue weighted by Crippen LogP contribution is -2.27. The summed E-state index contributed by atoms with van der Waals surface area (Å²) < 4.78 is 32.0. The molecule has 0 spiro atoms. The van der Waals surface area contributed by atoms with Gasteiger partial charge < -0.3 is 10.1 Å². The zero-order chi connectivity index (χ0) is 14.4. The number of sulfonamides is 1. The standard InChI is InChI=1S/C14H20N2O3S/c1-2-3-9-19-10-8-16-20(17,18)13-5-4-12-6-7-15-14(12)11-13/h2,4-5,11,15-16H,1,3,6-10H2. The van der Waals surface area contributed by atoms with Crippen molar-refractivity contribution in [2.75, 3.05) is 31.6 Å². The number of rotatable bonds is 8. The minimum atomic E-state index is -3.46. The van der Waals surface area contributed by atoms with Crippen LogP contribution in [0.1, 0.15) is 12.0 Å². The summed E-state index contributed by atoms with van der Waals surface area (Å²) >= 11 is 0. The van der Waals surface area contributed by atoms with Gasteiger partial charge in [-0.05, 0) is 30.5 Å². The largest absolute Gasteiger partial charge is 0.384 e. The molecule has 20 heavy (non-hydrogen) atoms. The normalized spacial score (nSPS) is 13.8. The predicted molar refractivity (Wildman–Crippen MR) is 79.5 cm³/mol. The van der Waals surface area contributed by atoms with Crippen LogP contribution in [0.25, 0.3) is 0 Å². The number of benzene rings is 1. The molecule has 5 nitrogen and oxygen atoms in total. The highest BCUT2D eigenvalue weighted by Gasteiger charge is 2.17. The van der Waals surface area contributed by atoms with Gasteiger partial charge in [0.2, 0.25) is 10.0 Å². The van der Waals surface area contributed by atoms with Gasteiger partial charge in [-0.25, -0.2) is 13.1 Å². The first kappa shape index (κ1) is 15.0. The third-order valence-electron chi connectivity index (χ3n) is 3.11. The van der Waals surface area contributed by atoms with Gasteiger partial charge in [0.25, 0.3) is 0 Å². The molecule has 1 aliphatic rings. The van der Waals surface area contributed by atoms with E-state index in [2.05, 4.69) is 16.6 Å². The summed E-state index contributed by atoms with van der Waals surface area (Å²) in [5, 5.41) is 3.18. The molecule has 0 aliphatic carbocycles. The van der Waals surface area contributed by atoms with Crippen LogP contribution in [0.5, 0.6) is 0 Å². The van der Waals surface area contributed by atoms with Crippen molar-refractivity contribution in [3.05, 3.63) is 36.4 Å². The molecule has 1 aliphatic heterocycles. The second-order valence-corrected chi connectivity index (χ2v) is 6.35. The number of hydrogen-bond donors (Lipinski definition) is 2. The summed E-state index contributed by atoms with van der Waals surface area (Å²) in [6.45, 7) is 5.64. The summed E-state index contributed by atoms with van der Waals surface area (Å²) in [7, 11) is -3.46. The molecule has 6 heteroatoms. The Bertz CT molecular complexity index is 570. The van der Waals surface area contributed by atoms with Crippen molar-refractivity contribution >= 4 is 15.7 Å². The van der Waals surface area contributed by atoms with Gasteiger partial charge in [-0.2, -0.15) is 0 Å². The molecule has 0 atom stereocenters. The third kappa shape index (κ3) is 3.82. The zero-order valence-corrected chi connectivity index (χ0v) is 12.2. The van der Waals surface area contributed by atoms with Gasteiger partial charge in [0.15, 0.2) is 0 Å². The topological polar surface area (TPSA) is 67.4 Å². The lowest BCUT2D eigenvalue weighted by Gasteiger charge is -2.08. The Labute approximate surface area is 120 Å². The first-order valence-corrected chi connectivity index (χ1v) is 8.17. The number of fused-ring (bicyclic) bond motifs is 1. The highest BCUT2D eigenvalue weighted by atomic mass is 32.2. The van der Waals surface area contributed by atoms with Crippen molar-refractivity contribution in [3.8, 4) is 0 Å². The van der Waals surface area contributed by atoms with Crippen molar-refractivity contribution in [1.82, 2.24) is 4.72 Å². The number of nitrogens with one attached hydrogen (secondary N) is 2. The predicted octanol–water partition coefficient (Wildman–Crippen LogP) is 1.53. The molecule has 0 saturated heterocycles. The Morgan fingerprint density at radius 3 is 3.05 bits per heavy atom. The van der Waals surface area contributed by atoms with E-state index in [0.717, 1.165) is 30.6 Å². The molecule has 1 aromatic rings. The van der Waals surface area contributed by atoms with E-state index in [9.17, 15) is 8.42 Å².